The third kappa shape index (κ3) is 2.40. The van der Waals surface area contributed by atoms with Crippen molar-refractivity contribution in [1.29, 1.82) is 0 Å². The average molecular weight is 279 g/mol. The summed E-state index contributed by atoms with van der Waals surface area (Å²) in [5.41, 5.74) is 11.2. The summed E-state index contributed by atoms with van der Waals surface area (Å²) in [6, 6.07) is 14.5. The molecule has 3 rings (SSSR count). The number of aromatic nitrogens is 2. The van der Waals surface area contributed by atoms with E-state index in [9.17, 15) is 0 Å². The van der Waals surface area contributed by atoms with Gasteiger partial charge in [-0.25, -0.2) is 4.98 Å². The maximum Gasteiger partial charge on any atom is 0.140 e. The number of nitrogen functional groups attached to an aromatic ring is 1. The fourth-order valence-electron chi connectivity index (χ4n) is 2.60. The number of benzene rings is 2. The summed E-state index contributed by atoms with van der Waals surface area (Å²) in [4.78, 5) is 4.75. The first-order chi connectivity index (χ1) is 9.86. The fraction of sp³-hybridized carbons (Fsp3) is 0.278. The molecule has 1 heterocycles. The highest BCUT2D eigenvalue weighted by molar-refractivity contribution is 5.83. The second-order valence-corrected chi connectivity index (χ2v) is 6.57. The molecule has 0 aliphatic heterocycles. The Morgan fingerprint density at radius 2 is 1.81 bits per heavy atom. The zero-order valence-electron chi connectivity index (χ0n) is 13.0. The monoisotopic (exact) mass is 279 g/mol. The highest BCUT2D eigenvalue weighted by atomic mass is 15.1. The summed E-state index contributed by atoms with van der Waals surface area (Å²) in [6.45, 7) is 6.67. The lowest BCUT2D eigenvalue weighted by Gasteiger charge is -2.19. The van der Waals surface area contributed by atoms with Gasteiger partial charge in [0.2, 0.25) is 0 Å². The van der Waals surface area contributed by atoms with Crippen molar-refractivity contribution in [2.24, 2.45) is 7.05 Å². The van der Waals surface area contributed by atoms with Crippen LogP contribution in [-0.2, 0) is 12.5 Å². The Bertz CT molecular complexity index is 807. The summed E-state index contributed by atoms with van der Waals surface area (Å²) < 4.78 is 2.12. The highest BCUT2D eigenvalue weighted by Gasteiger charge is 2.16. The van der Waals surface area contributed by atoms with Gasteiger partial charge >= 0.3 is 0 Å². The van der Waals surface area contributed by atoms with E-state index in [0.717, 1.165) is 28.1 Å². The molecule has 3 nitrogen and oxygen atoms in total. The van der Waals surface area contributed by atoms with Gasteiger partial charge in [-0.1, -0.05) is 39.0 Å². The van der Waals surface area contributed by atoms with Crippen molar-refractivity contribution in [2.75, 3.05) is 5.73 Å². The number of hydrogen-bond acceptors (Lipinski definition) is 2. The van der Waals surface area contributed by atoms with Crippen LogP contribution in [0, 0.1) is 0 Å². The van der Waals surface area contributed by atoms with Crippen molar-refractivity contribution < 1.29 is 0 Å². The molecule has 0 aliphatic rings. The predicted octanol–water partition coefficient (Wildman–Crippen LogP) is 4.12. The third-order valence-corrected chi connectivity index (χ3v) is 3.89. The molecule has 0 unspecified atom stereocenters. The van der Waals surface area contributed by atoms with Crippen LogP contribution in [0.15, 0.2) is 42.5 Å². The summed E-state index contributed by atoms with van der Waals surface area (Å²) in [5.74, 6) is 0.974. The van der Waals surface area contributed by atoms with Gasteiger partial charge in [0.25, 0.3) is 0 Å². The number of nitrogens with two attached hydrogens (primary N) is 1. The minimum absolute atomic E-state index is 0.130. The van der Waals surface area contributed by atoms with Crippen LogP contribution in [0.5, 0.6) is 0 Å². The van der Waals surface area contributed by atoms with Gasteiger partial charge in [-0.05, 0) is 35.2 Å². The van der Waals surface area contributed by atoms with E-state index in [0.29, 0.717) is 0 Å². The molecule has 2 N–H and O–H groups in total. The minimum atomic E-state index is 0.130. The smallest absolute Gasteiger partial charge is 0.140 e. The Balaban J connectivity index is 2.19. The first-order valence-electron chi connectivity index (χ1n) is 7.19. The zero-order valence-corrected chi connectivity index (χ0v) is 13.0. The van der Waals surface area contributed by atoms with Gasteiger partial charge in [-0.15, -0.1) is 0 Å². The zero-order chi connectivity index (χ0) is 15.2. The molecule has 0 atom stereocenters. The lowest BCUT2D eigenvalue weighted by Crippen LogP contribution is -2.11. The largest absolute Gasteiger partial charge is 0.399 e. The van der Waals surface area contributed by atoms with E-state index in [2.05, 4.69) is 49.6 Å². The van der Waals surface area contributed by atoms with Crippen LogP contribution in [0.2, 0.25) is 0 Å². The molecular weight excluding hydrogens is 258 g/mol. The number of hydrogen-bond donors (Lipinski definition) is 1. The van der Waals surface area contributed by atoms with Gasteiger partial charge in [0.1, 0.15) is 5.82 Å². The molecule has 0 bridgehead atoms. The summed E-state index contributed by atoms with van der Waals surface area (Å²) in [5, 5.41) is 0. The molecule has 3 heteroatoms. The van der Waals surface area contributed by atoms with Gasteiger partial charge in [0, 0.05) is 18.3 Å². The number of fused-ring (bicyclic) bond motifs is 1. The van der Waals surface area contributed by atoms with E-state index < -0.39 is 0 Å². The third-order valence-electron chi connectivity index (χ3n) is 3.89. The minimum Gasteiger partial charge on any atom is -0.399 e. The fourth-order valence-corrected chi connectivity index (χ4v) is 2.60. The average Bonchev–Trinajstić information content (AvgIpc) is 2.74. The van der Waals surface area contributed by atoms with E-state index in [-0.39, 0.29) is 5.41 Å². The number of imidazole rings is 1. The van der Waals surface area contributed by atoms with Crippen LogP contribution in [0.1, 0.15) is 26.3 Å². The molecule has 21 heavy (non-hydrogen) atoms. The highest BCUT2D eigenvalue weighted by Crippen LogP contribution is 2.29. The van der Waals surface area contributed by atoms with E-state index in [1.165, 1.54) is 5.56 Å². The van der Waals surface area contributed by atoms with Crippen molar-refractivity contribution in [3.63, 3.8) is 0 Å². The first kappa shape index (κ1) is 13.7. The molecule has 2 aromatic carbocycles. The summed E-state index contributed by atoms with van der Waals surface area (Å²) in [7, 11) is 2.05. The lowest BCUT2D eigenvalue weighted by atomic mass is 9.86. The summed E-state index contributed by atoms with van der Waals surface area (Å²) in [6.07, 6.45) is 0. The van der Waals surface area contributed by atoms with Gasteiger partial charge in [0.05, 0.1) is 11.0 Å². The van der Waals surface area contributed by atoms with E-state index in [4.69, 9.17) is 10.7 Å². The molecule has 0 spiro atoms. The molecule has 0 saturated carbocycles. The number of nitrogens with zero attached hydrogens (tertiary/aromatic N) is 2. The molecule has 0 radical (unpaired) electrons. The molecule has 1 aromatic heterocycles. The van der Waals surface area contributed by atoms with E-state index in [1.54, 1.807) is 0 Å². The van der Waals surface area contributed by atoms with Crippen LogP contribution in [-0.4, -0.2) is 9.55 Å². The van der Waals surface area contributed by atoms with Crippen molar-refractivity contribution in [1.82, 2.24) is 9.55 Å². The Kier molecular flexibility index (Phi) is 3.01. The van der Waals surface area contributed by atoms with E-state index >= 15 is 0 Å². The van der Waals surface area contributed by atoms with Gasteiger partial charge < -0.3 is 10.3 Å². The van der Waals surface area contributed by atoms with Gasteiger partial charge in [-0.2, -0.15) is 0 Å². The predicted molar refractivity (Wildman–Crippen MR) is 89.3 cm³/mol. The second kappa shape index (κ2) is 4.62. The Hall–Kier alpha value is -2.29. The standard InChI is InChI=1S/C18H21N3/c1-18(2,3)13-7-5-6-12(10-13)17-20-15-11-14(19)8-9-16(15)21(17)4/h5-11H,19H2,1-4H3. The quantitative estimate of drug-likeness (QED) is 0.681. The molecular formula is C18H21N3. The maximum atomic E-state index is 5.85. The Morgan fingerprint density at radius 1 is 1.05 bits per heavy atom. The molecule has 0 saturated heterocycles. The molecule has 0 amide bonds. The van der Waals surface area contributed by atoms with Crippen LogP contribution < -0.4 is 5.73 Å². The first-order valence-corrected chi connectivity index (χ1v) is 7.19. The Labute approximate surface area is 125 Å². The van der Waals surface area contributed by atoms with Crippen LogP contribution >= 0.6 is 0 Å². The second-order valence-electron chi connectivity index (χ2n) is 6.57. The van der Waals surface area contributed by atoms with E-state index in [1.807, 2.05) is 25.2 Å². The van der Waals surface area contributed by atoms with Crippen molar-refractivity contribution in [3.05, 3.63) is 48.0 Å². The molecule has 3 aromatic rings. The number of aryl methyl sites for hydroxylation is 1. The van der Waals surface area contributed by atoms with Crippen LogP contribution in [0.3, 0.4) is 0 Å². The number of anilines is 1. The molecule has 0 fully saturated rings. The lowest BCUT2D eigenvalue weighted by molar-refractivity contribution is 0.590. The van der Waals surface area contributed by atoms with Crippen LogP contribution in [0.25, 0.3) is 22.4 Å². The summed E-state index contributed by atoms with van der Waals surface area (Å²) >= 11 is 0. The van der Waals surface area contributed by atoms with Crippen molar-refractivity contribution in [3.8, 4) is 11.4 Å². The normalized spacial score (nSPS) is 12.0. The molecule has 108 valence electrons. The van der Waals surface area contributed by atoms with Crippen molar-refractivity contribution >= 4 is 16.7 Å². The van der Waals surface area contributed by atoms with Gasteiger partial charge in [-0.3, -0.25) is 0 Å². The molecule has 0 aliphatic carbocycles. The Morgan fingerprint density at radius 3 is 2.52 bits per heavy atom. The topological polar surface area (TPSA) is 43.8 Å². The SMILES string of the molecule is Cn1c(-c2cccc(C(C)(C)C)c2)nc2cc(N)ccc21. The van der Waals surface area contributed by atoms with Gasteiger partial charge in [0.15, 0.2) is 0 Å². The van der Waals surface area contributed by atoms with Crippen LogP contribution in [0.4, 0.5) is 5.69 Å². The maximum absolute atomic E-state index is 5.85. The van der Waals surface area contributed by atoms with Crippen molar-refractivity contribution in [2.45, 2.75) is 26.2 Å². The number of rotatable bonds is 1.